The summed E-state index contributed by atoms with van der Waals surface area (Å²) in [5.41, 5.74) is 4.96. The Hall–Kier alpha value is -2.78. The van der Waals surface area contributed by atoms with Crippen LogP contribution >= 0.6 is 23.2 Å². The van der Waals surface area contributed by atoms with Crippen molar-refractivity contribution in [2.75, 3.05) is 5.43 Å². The molecule has 3 aromatic heterocycles. The van der Waals surface area contributed by atoms with Crippen LogP contribution in [0.4, 0.5) is 19.0 Å². The van der Waals surface area contributed by atoms with Gasteiger partial charge in [-0.25, -0.2) is 9.97 Å². The van der Waals surface area contributed by atoms with E-state index in [0.29, 0.717) is 11.2 Å². The number of aromatic nitrogens is 3. The van der Waals surface area contributed by atoms with E-state index in [1.54, 1.807) is 12.3 Å². The highest BCUT2D eigenvalue weighted by molar-refractivity contribution is 6.33. The molecule has 3 heterocycles. The first-order valence-corrected chi connectivity index (χ1v) is 8.51. The van der Waals surface area contributed by atoms with Gasteiger partial charge in [-0.15, -0.1) is 0 Å². The van der Waals surface area contributed by atoms with Gasteiger partial charge in [0.05, 0.1) is 15.6 Å². The van der Waals surface area contributed by atoms with Gasteiger partial charge in [-0.3, -0.25) is 20.2 Å². The summed E-state index contributed by atoms with van der Waals surface area (Å²) in [6, 6.07) is 5.40. The molecule has 2 N–H and O–H groups in total. The predicted octanol–water partition coefficient (Wildman–Crippen LogP) is 4.66. The molecule has 0 aliphatic rings. The topological polar surface area (TPSA) is 71.8 Å². The minimum absolute atomic E-state index is 0.0173. The molecular formula is C17H12Cl2F3N5O. The van der Waals surface area contributed by atoms with Gasteiger partial charge in [-0.1, -0.05) is 23.2 Å². The summed E-state index contributed by atoms with van der Waals surface area (Å²) in [6.07, 6.45) is -0.907. The number of alkyl halides is 3. The zero-order chi connectivity index (χ0) is 20.5. The molecule has 0 saturated heterocycles. The number of hydrazine groups is 1. The second-order valence-corrected chi connectivity index (χ2v) is 6.53. The number of pyridine rings is 2. The Kier molecular flexibility index (Phi) is 5.48. The molecule has 0 atom stereocenters. The normalized spacial score (nSPS) is 11.4. The van der Waals surface area contributed by atoms with E-state index >= 15 is 0 Å². The number of nitrogens with one attached hydrogen (secondary N) is 2. The van der Waals surface area contributed by atoms with Gasteiger partial charge < -0.3 is 0 Å². The van der Waals surface area contributed by atoms with E-state index in [1.165, 1.54) is 22.9 Å². The van der Waals surface area contributed by atoms with E-state index in [9.17, 15) is 18.0 Å². The zero-order valence-corrected chi connectivity index (χ0v) is 15.7. The molecule has 3 rings (SSSR count). The van der Waals surface area contributed by atoms with Crippen molar-refractivity contribution in [3.63, 3.8) is 0 Å². The Morgan fingerprint density at radius 2 is 1.89 bits per heavy atom. The van der Waals surface area contributed by atoms with E-state index in [-0.39, 0.29) is 22.4 Å². The fourth-order valence-corrected chi connectivity index (χ4v) is 2.84. The van der Waals surface area contributed by atoms with Gasteiger partial charge in [0.2, 0.25) is 0 Å². The van der Waals surface area contributed by atoms with E-state index in [2.05, 4.69) is 20.8 Å². The number of halogens is 5. The van der Waals surface area contributed by atoms with Crippen LogP contribution in [0.3, 0.4) is 0 Å². The molecule has 0 fully saturated rings. The monoisotopic (exact) mass is 429 g/mol. The summed E-state index contributed by atoms with van der Waals surface area (Å²) in [5.74, 6) is -0.373. The highest BCUT2D eigenvalue weighted by Crippen LogP contribution is 2.32. The number of anilines is 1. The quantitative estimate of drug-likeness (QED) is 0.591. The fourth-order valence-electron chi connectivity index (χ4n) is 2.32. The lowest BCUT2D eigenvalue weighted by atomic mass is 10.2. The molecule has 0 unspecified atom stereocenters. The molecule has 3 aromatic rings. The van der Waals surface area contributed by atoms with Crippen LogP contribution in [-0.2, 0) is 6.18 Å². The highest BCUT2D eigenvalue weighted by atomic mass is 35.5. The van der Waals surface area contributed by atoms with Crippen LogP contribution in [0, 0.1) is 6.92 Å². The van der Waals surface area contributed by atoms with Crippen LogP contribution in [0.2, 0.25) is 10.0 Å². The van der Waals surface area contributed by atoms with Gasteiger partial charge in [-0.2, -0.15) is 13.2 Å². The summed E-state index contributed by atoms with van der Waals surface area (Å²) in [4.78, 5) is 20.3. The van der Waals surface area contributed by atoms with Crippen molar-refractivity contribution in [2.45, 2.75) is 13.1 Å². The summed E-state index contributed by atoms with van der Waals surface area (Å²) >= 11 is 12.0. The Morgan fingerprint density at radius 3 is 2.54 bits per heavy atom. The van der Waals surface area contributed by atoms with Gasteiger partial charge in [-0.05, 0) is 36.8 Å². The molecule has 1 amide bonds. The molecule has 28 heavy (non-hydrogen) atoms. The molecule has 0 aliphatic carbocycles. The number of rotatable bonds is 4. The summed E-state index contributed by atoms with van der Waals surface area (Å²) in [6.45, 7) is 1.81. The van der Waals surface area contributed by atoms with E-state index < -0.39 is 17.6 Å². The first-order valence-electron chi connectivity index (χ1n) is 7.76. The third-order valence-corrected chi connectivity index (χ3v) is 4.20. The average molecular weight is 430 g/mol. The number of nitrogens with zero attached hydrogens (tertiary/aromatic N) is 3. The number of hydrogen-bond donors (Lipinski definition) is 2. The average Bonchev–Trinajstić information content (AvgIpc) is 3.09. The lowest BCUT2D eigenvalue weighted by Crippen LogP contribution is -2.31. The largest absolute Gasteiger partial charge is 0.417 e. The molecule has 0 aromatic carbocycles. The lowest BCUT2D eigenvalue weighted by molar-refractivity contribution is -0.137. The van der Waals surface area contributed by atoms with Gasteiger partial charge in [0.1, 0.15) is 5.69 Å². The van der Waals surface area contributed by atoms with Crippen molar-refractivity contribution in [2.24, 2.45) is 0 Å². The van der Waals surface area contributed by atoms with Crippen LogP contribution in [0.15, 0.2) is 42.9 Å². The Balaban J connectivity index is 1.82. The van der Waals surface area contributed by atoms with Crippen LogP contribution in [0.5, 0.6) is 0 Å². The first kappa shape index (κ1) is 20.0. The van der Waals surface area contributed by atoms with Crippen molar-refractivity contribution in [1.29, 1.82) is 0 Å². The van der Waals surface area contributed by atoms with Crippen molar-refractivity contribution in [3.05, 3.63) is 69.7 Å². The maximum atomic E-state index is 12.8. The van der Waals surface area contributed by atoms with Gasteiger partial charge in [0, 0.05) is 18.6 Å². The maximum absolute atomic E-state index is 12.8. The molecular weight excluding hydrogens is 418 g/mol. The van der Waals surface area contributed by atoms with Crippen molar-refractivity contribution in [3.8, 4) is 5.82 Å². The molecule has 0 saturated carbocycles. The number of hydrogen-bond acceptors (Lipinski definition) is 4. The molecule has 0 aliphatic heterocycles. The standard InChI is InChI=1S/C17H12Cl2F3N5O/c1-9-5-11(18)14(23-7-9)25-26-16(28)13-3-2-4-27(13)15-12(19)6-10(8-24-15)17(20,21)22/h2-8H,1H3,(H,23,25)(H,26,28). The minimum atomic E-state index is -4.57. The highest BCUT2D eigenvalue weighted by Gasteiger charge is 2.32. The number of amides is 1. The third-order valence-electron chi connectivity index (χ3n) is 3.63. The Morgan fingerprint density at radius 1 is 1.14 bits per heavy atom. The minimum Gasteiger partial charge on any atom is -0.295 e. The molecule has 0 bridgehead atoms. The molecule has 0 radical (unpaired) electrons. The fraction of sp³-hybridized carbons (Fsp3) is 0.118. The Labute approximate surface area is 167 Å². The van der Waals surface area contributed by atoms with Crippen molar-refractivity contribution >= 4 is 34.9 Å². The lowest BCUT2D eigenvalue weighted by Gasteiger charge is -2.13. The number of carbonyl (C=O) groups excluding carboxylic acids is 1. The third kappa shape index (κ3) is 4.20. The number of aryl methyl sites for hydroxylation is 1. The first-order chi connectivity index (χ1) is 13.2. The van der Waals surface area contributed by atoms with Gasteiger partial charge in [0.25, 0.3) is 5.91 Å². The van der Waals surface area contributed by atoms with Crippen LogP contribution < -0.4 is 10.9 Å². The van der Waals surface area contributed by atoms with Crippen molar-refractivity contribution in [1.82, 2.24) is 20.0 Å². The van der Waals surface area contributed by atoms with Crippen LogP contribution in [0.25, 0.3) is 5.82 Å². The summed E-state index contributed by atoms with van der Waals surface area (Å²) in [7, 11) is 0. The predicted molar refractivity (Wildman–Crippen MR) is 98.6 cm³/mol. The Bertz CT molecular complexity index is 1040. The molecule has 146 valence electrons. The molecule has 11 heteroatoms. The smallest absolute Gasteiger partial charge is 0.295 e. The van der Waals surface area contributed by atoms with Gasteiger partial charge in [0.15, 0.2) is 11.6 Å². The molecule has 6 nitrogen and oxygen atoms in total. The summed E-state index contributed by atoms with van der Waals surface area (Å²) < 4.78 is 39.6. The van der Waals surface area contributed by atoms with Crippen LogP contribution in [0.1, 0.15) is 21.6 Å². The maximum Gasteiger partial charge on any atom is 0.417 e. The number of carbonyl (C=O) groups is 1. The second kappa shape index (κ2) is 7.69. The van der Waals surface area contributed by atoms with Crippen molar-refractivity contribution < 1.29 is 18.0 Å². The zero-order valence-electron chi connectivity index (χ0n) is 14.2. The van der Waals surface area contributed by atoms with E-state index in [0.717, 1.165) is 11.6 Å². The SMILES string of the molecule is Cc1cnc(NNC(=O)c2cccn2-c2ncc(C(F)(F)F)cc2Cl)c(Cl)c1. The summed E-state index contributed by atoms with van der Waals surface area (Å²) in [5, 5.41) is 0.0550. The second-order valence-electron chi connectivity index (χ2n) is 5.71. The molecule has 0 spiro atoms. The van der Waals surface area contributed by atoms with Crippen LogP contribution in [-0.4, -0.2) is 20.4 Å². The van der Waals surface area contributed by atoms with Gasteiger partial charge >= 0.3 is 6.18 Å². The van der Waals surface area contributed by atoms with E-state index in [4.69, 9.17) is 23.2 Å². The van der Waals surface area contributed by atoms with E-state index in [1.807, 2.05) is 6.92 Å².